The number of nitrogens with zero attached hydrogens (tertiary/aromatic N) is 4. The summed E-state index contributed by atoms with van der Waals surface area (Å²) in [5, 5.41) is 18.7. The summed E-state index contributed by atoms with van der Waals surface area (Å²) >= 11 is 1.57. The Balaban J connectivity index is 2.01. The average molecular weight is 265 g/mol. The summed E-state index contributed by atoms with van der Waals surface area (Å²) in [6.45, 7) is 5.86. The van der Waals surface area contributed by atoms with Crippen LogP contribution in [0.15, 0.2) is 16.8 Å². The molecule has 0 aliphatic rings. The predicted molar refractivity (Wildman–Crippen MR) is 69.0 cm³/mol. The highest BCUT2D eigenvalue weighted by molar-refractivity contribution is 7.08. The summed E-state index contributed by atoms with van der Waals surface area (Å²) in [6, 6.07) is 1.92. The van der Waals surface area contributed by atoms with E-state index in [0.717, 1.165) is 5.56 Å². The molecule has 0 spiro atoms. The van der Waals surface area contributed by atoms with E-state index in [0.29, 0.717) is 5.82 Å². The van der Waals surface area contributed by atoms with E-state index in [2.05, 4.69) is 20.7 Å². The minimum atomic E-state index is -0.256. The Bertz CT molecular complexity index is 526. The zero-order chi connectivity index (χ0) is 13.2. The molecular weight excluding hydrogens is 250 g/mol. The van der Waals surface area contributed by atoms with Crippen molar-refractivity contribution in [1.29, 1.82) is 0 Å². The average Bonchev–Trinajstić information content (AvgIpc) is 2.82. The number of hydrogen-bond acceptors (Lipinski definition) is 5. The first-order valence-corrected chi connectivity index (χ1v) is 6.50. The molecule has 1 amide bonds. The summed E-state index contributed by atoms with van der Waals surface area (Å²) in [6.07, 6.45) is 0. The molecule has 2 heterocycles. The number of rotatable bonds is 3. The van der Waals surface area contributed by atoms with Crippen molar-refractivity contribution >= 4 is 17.2 Å². The molecule has 2 aromatic rings. The Hall–Kier alpha value is -1.76. The lowest BCUT2D eigenvalue weighted by Crippen LogP contribution is -2.42. The Kier molecular flexibility index (Phi) is 3.42. The molecule has 0 fully saturated rings. The van der Waals surface area contributed by atoms with Crippen LogP contribution in [0.25, 0.3) is 11.4 Å². The summed E-state index contributed by atoms with van der Waals surface area (Å²) in [5.41, 5.74) is 0.663. The third-order valence-electron chi connectivity index (χ3n) is 2.03. The van der Waals surface area contributed by atoms with Crippen molar-refractivity contribution in [3.05, 3.63) is 16.8 Å². The molecule has 0 aliphatic heterocycles. The molecule has 6 nitrogen and oxygen atoms in total. The Morgan fingerprint density at radius 1 is 1.50 bits per heavy atom. The maximum atomic E-state index is 11.7. The van der Waals surface area contributed by atoms with Crippen LogP contribution in [0.4, 0.5) is 0 Å². The third kappa shape index (κ3) is 3.36. The van der Waals surface area contributed by atoms with Crippen molar-refractivity contribution in [3.8, 4) is 11.4 Å². The summed E-state index contributed by atoms with van der Waals surface area (Å²) in [7, 11) is 0. The van der Waals surface area contributed by atoms with Crippen molar-refractivity contribution < 1.29 is 4.79 Å². The smallest absolute Gasteiger partial charge is 0.244 e. The molecule has 0 aromatic carbocycles. The number of carbonyl (C=O) groups is 1. The minimum Gasteiger partial charge on any atom is -0.350 e. The van der Waals surface area contributed by atoms with Crippen LogP contribution < -0.4 is 5.32 Å². The molecule has 0 atom stereocenters. The lowest BCUT2D eigenvalue weighted by Gasteiger charge is -2.19. The first-order valence-electron chi connectivity index (χ1n) is 5.55. The van der Waals surface area contributed by atoms with E-state index < -0.39 is 0 Å². The monoisotopic (exact) mass is 265 g/mol. The summed E-state index contributed by atoms with van der Waals surface area (Å²) in [4.78, 5) is 13.0. The lowest BCUT2D eigenvalue weighted by molar-refractivity contribution is -0.123. The number of tetrazole rings is 1. The van der Waals surface area contributed by atoms with Gasteiger partial charge in [0.05, 0.1) is 0 Å². The lowest BCUT2D eigenvalue weighted by atomic mass is 10.1. The van der Waals surface area contributed by atoms with Gasteiger partial charge in [-0.2, -0.15) is 16.1 Å². The molecular formula is C11H15N5OS. The first kappa shape index (κ1) is 12.7. The molecule has 96 valence electrons. The Morgan fingerprint density at radius 2 is 2.28 bits per heavy atom. The van der Waals surface area contributed by atoms with Gasteiger partial charge in [0.15, 0.2) is 0 Å². The molecule has 18 heavy (non-hydrogen) atoms. The van der Waals surface area contributed by atoms with Gasteiger partial charge in [-0.1, -0.05) is 0 Å². The Labute approximate surface area is 109 Å². The second-order valence-electron chi connectivity index (χ2n) is 4.95. The van der Waals surface area contributed by atoms with Gasteiger partial charge in [-0.3, -0.25) is 4.79 Å². The Morgan fingerprint density at radius 3 is 2.89 bits per heavy atom. The molecule has 7 heteroatoms. The van der Waals surface area contributed by atoms with E-state index in [4.69, 9.17) is 0 Å². The van der Waals surface area contributed by atoms with Crippen molar-refractivity contribution in [3.63, 3.8) is 0 Å². The van der Waals surface area contributed by atoms with Crippen LogP contribution >= 0.6 is 11.3 Å². The quantitative estimate of drug-likeness (QED) is 0.908. The molecule has 0 aliphatic carbocycles. The fraction of sp³-hybridized carbons (Fsp3) is 0.455. The molecule has 0 unspecified atom stereocenters. The molecule has 1 N–H and O–H groups in total. The zero-order valence-electron chi connectivity index (χ0n) is 10.5. The topological polar surface area (TPSA) is 72.7 Å². The predicted octanol–water partition coefficient (Wildman–Crippen LogP) is 1.32. The molecule has 0 radical (unpaired) electrons. The van der Waals surface area contributed by atoms with Crippen LogP contribution in [0.3, 0.4) is 0 Å². The van der Waals surface area contributed by atoms with Gasteiger partial charge in [0.25, 0.3) is 0 Å². The fourth-order valence-electron chi connectivity index (χ4n) is 1.40. The molecule has 0 saturated heterocycles. The summed E-state index contributed by atoms with van der Waals surface area (Å²) in [5.74, 6) is 0.413. The fourth-order valence-corrected chi connectivity index (χ4v) is 2.04. The van der Waals surface area contributed by atoms with Crippen molar-refractivity contribution in [2.45, 2.75) is 32.9 Å². The maximum Gasteiger partial charge on any atom is 0.244 e. The number of amides is 1. The largest absolute Gasteiger partial charge is 0.350 e. The van der Waals surface area contributed by atoms with Crippen LogP contribution in [0.5, 0.6) is 0 Å². The van der Waals surface area contributed by atoms with E-state index >= 15 is 0 Å². The van der Waals surface area contributed by atoms with Crippen LogP contribution in [-0.4, -0.2) is 31.7 Å². The number of nitrogens with one attached hydrogen (secondary N) is 1. The number of aromatic nitrogens is 4. The molecule has 2 aromatic heterocycles. The highest BCUT2D eigenvalue weighted by Gasteiger charge is 2.15. The van der Waals surface area contributed by atoms with E-state index in [1.165, 1.54) is 4.80 Å². The standard InChI is InChI=1S/C11H15N5OS/c1-11(2,3)12-9(17)6-16-14-10(13-15-16)8-4-5-18-7-8/h4-5,7H,6H2,1-3H3,(H,12,17). The van der Waals surface area contributed by atoms with Gasteiger partial charge in [-0.25, -0.2) is 0 Å². The molecule has 0 bridgehead atoms. The normalized spacial score (nSPS) is 11.5. The van der Waals surface area contributed by atoms with Crippen LogP contribution in [0, 0.1) is 0 Å². The zero-order valence-corrected chi connectivity index (χ0v) is 11.4. The minimum absolute atomic E-state index is 0.0778. The van der Waals surface area contributed by atoms with Crippen molar-refractivity contribution in [2.24, 2.45) is 0 Å². The summed E-state index contributed by atoms with van der Waals surface area (Å²) < 4.78 is 0. The number of thiophene rings is 1. The molecule has 2 rings (SSSR count). The SMILES string of the molecule is CC(C)(C)NC(=O)Cn1nnc(-c2ccsc2)n1. The second kappa shape index (κ2) is 4.85. The number of carbonyl (C=O) groups excluding carboxylic acids is 1. The highest BCUT2D eigenvalue weighted by atomic mass is 32.1. The van der Waals surface area contributed by atoms with E-state index in [1.54, 1.807) is 11.3 Å². The van der Waals surface area contributed by atoms with Crippen molar-refractivity contribution in [2.75, 3.05) is 0 Å². The van der Waals surface area contributed by atoms with Crippen LogP contribution in [-0.2, 0) is 11.3 Å². The van der Waals surface area contributed by atoms with Crippen LogP contribution in [0.2, 0.25) is 0 Å². The van der Waals surface area contributed by atoms with E-state index in [-0.39, 0.29) is 18.0 Å². The van der Waals surface area contributed by atoms with Gasteiger partial charge in [-0.15, -0.1) is 10.2 Å². The van der Waals surface area contributed by atoms with Gasteiger partial charge < -0.3 is 5.32 Å². The highest BCUT2D eigenvalue weighted by Crippen LogP contribution is 2.16. The van der Waals surface area contributed by atoms with E-state index in [1.807, 2.05) is 37.6 Å². The van der Waals surface area contributed by atoms with Gasteiger partial charge in [0.2, 0.25) is 11.7 Å². The molecule has 0 saturated carbocycles. The van der Waals surface area contributed by atoms with E-state index in [9.17, 15) is 4.79 Å². The maximum absolute atomic E-state index is 11.7. The van der Waals surface area contributed by atoms with Crippen LogP contribution in [0.1, 0.15) is 20.8 Å². The third-order valence-corrected chi connectivity index (χ3v) is 2.71. The number of hydrogen-bond donors (Lipinski definition) is 1. The first-order chi connectivity index (χ1) is 8.44. The van der Waals surface area contributed by atoms with Gasteiger partial charge in [-0.05, 0) is 37.4 Å². The van der Waals surface area contributed by atoms with Gasteiger partial charge in [0, 0.05) is 16.5 Å². The second-order valence-corrected chi connectivity index (χ2v) is 5.73. The van der Waals surface area contributed by atoms with Crippen molar-refractivity contribution in [1.82, 2.24) is 25.5 Å². The van der Waals surface area contributed by atoms with Gasteiger partial charge >= 0.3 is 0 Å². The van der Waals surface area contributed by atoms with Gasteiger partial charge in [0.1, 0.15) is 6.54 Å².